The van der Waals surface area contributed by atoms with Crippen LogP contribution in [0.15, 0.2) is 96.1 Å². The first-order chi connectivity index (χ1) is 20.0. The van der Waals surface area contributed by atoms with Gasteiger partial charge in [0, 0.05) is 10.9 Å². The molecule has 0 aliphatic carbocycles. The van der Waals surface area contributed by atoms with E-state index in [4.69, 9.17) is 14.2 Å². The normalized spacial score (nSPS) is 11.0. The zero-order valence-electron chi connectivity index (χ0n) is 22.3. The number of methoxy groups -OCH3 is 1. The Morgan fingerprint density at radius 2 is 1.76 bits per heavy atom. The number of para-hydroxylation sites is 1. The minimum absolute atomic E-state index is 0.184. The maximum absolute atomic E-state index is 14.5. The number of H-pyrrole nitrogens is 1. The van der Waals surface area contributed by atoms with Gasteiger partial charge in [-0.05, 0) is 60.5 Å². The Morgan fingerprint density at radius 3 is 2.54 bits per heavy atom. The van der Waals surface area contributed by atoms with Gasteiger partial charge in [0.15, 0.2) is 11.5 Å². The molecule has 2 N–H and O–H groups in total. The number of hydrazone groups is 1. The summed E-state index contributed by atoms with van der Waals surface area (Å²) in [5.74, 6) is -0.471. The molecule has 41 heavy (non-hydrogen) atoms. The fourth-order valence-electron chi connectivity index (χ4n) is 4.34. The number of hydrogen-bond acceptors (Lipinski definition) is 6. The van der Waals surface area contributed by atoms with Gasteiger partial charge >= 0.3 is 5.97 Å². The molecule has 0 aliphatic rings. The molecule has 9 heteroatoms. The van der Waals surface area contributed by atoms with Crippen molar-refractivity contribution in [3.8, 4) is 28.4 Å². The smallest absolute Gasteiger partial charge is 0.343 e. The van der Waals surface area contributed by atoms with Gasteiger partial charge in [-0.2, -0.15) is 5.10 Å². The number of nitrogens with one attached hydrogen (secondary N) is 2. The van der Waals surface area contributed by atoms with Gasteiger partial charge in [0.1, 0.15) is 17.3 Å². The molecule has 5 aromatic rings. The third-order valence-corrected chi connectivity index (χ3v) is 6.23. The SMILES string of the molecule is CCOc1cc(C=NNC(=O)c2[nH]c3c(F)cccc3c2-c2ccccc2)ccc1OC(=O)c1cccc(OC)c1. The highest BCUT2D eigenvalue weighted by Gasteiger charge is 2.20. The maximum atomic E-state index is 14.5. The van der Waals surface area contributed by atoms with Crippen molar-refractivity contribution in [2.75, 3.05) is 13.7 Å². The number of nitrogens with zero attached hydrogens (tertiary/aromatic N) is 1. The predicted octanol–water partition coefficient (Wildman–Crippen LogP) is 6.36. The van der Waals surface area contributed by atoms with E-state index in [9.17, 15) is 14.0 Å². The van der Waals surface area contributed by atoms with E-state index in [1.807, 2.05) is 37.3 Å². The number of amides is 1. The van der Waals surface area contributed by atoms with Crippen molar-refractivity contribution < 1.29 is 28.2 Å². The molecule has 0 unspecified atom stereocenters. The number of rotatable bonds is 9. The summed E-state index contributed by atoms with van der Waals surface area (Å²) in [6.07, 6.45) is 1.43. The molecule has 0 bridgehead atoms. The van der Waals surface area contributed by atoms with E-state index >= 15 is 0 Å². The largest absolute Gasteiger partial charge is 0.497 e. The zero-order valence-corrected chi connectivity index (χ0v) is 22.3. The molecule has 8 nitrogen and oxygen atoms in total. The summed E-state index contributed by atoms with van der Waals surface area (Å²) in [5, 5.41) is 4.68. The Morgan fingerprint density at radius 1 is 0.951 bits per heavy atom. The van der Waals surface area contributed by atoms with Crippen LogP contribution in [-0.4, -0.2) is 36.8 Å². The van der Waals surface area contributed by atoms with Gasteiger partial charge in [0.2, 0.25) is 0 Å². The quantitative estimate of drug-likeness (QED) is 0.0960. The first-order valence-corrected chi connectivity index (χ1v) is 12.8. The van der Waals surface area contributed by atoms with Crippen LogP contribution >= 0.6 is 0 Å². The summed E-state index contributed by atoms with van der Waals surface area (Å²) in [6.45, 7) is 2.14. The minimum atomic E-state index is -0.567. The second kappa shape index (κ2) is 12.2. The minimum Gasteiger partial charge on any atom is -0.497 e. The van der Waals surface area contributed by atoms with Crippen molar-refractivity contribution in [1.29, 1.82) is 0 Å². The lowest BCUT2D eigenvalue weighted by atomic mass is 10.0. The summed E-state index contributed by atoms with van der Waals surface area (Å²) in [4.78, 5) is 28.8. The zero-order chi connectivity index (χ0) is 28.8. The number of aromatic nitrogens is 1. The highest BCUT2D eigenvalue weighted by Crippen LogP contribution is 2.34. The van der Waals surface area contributed by atoms with Crippen molar-refractivity contribution >= 4 is 29.0 Å². The van der Waals surface area contributed by atoms with Gasteiger partial charge in [0.05, 0.1) is 31.0 Å². The standard InChI is InChI=1S/C32H26FN3O5/c1-3-40-27-17-20(15-16-26(27)41-32(38)22-11-7-12-23(18-22)39-2)19-34-36-31(37)30-28(21-9-5-4-6-10-21)24-13-8-14-25(33)29(24)35-30/h4-19,35H,3H2,1-2H3,(H,36,37). The van der Waals surface area contributed by atoms with Crippen LogP contribution in [0, 0.1) is 5.82 Å². The van der Waals surface area contributed by atoms with Crippen molar-refractivity contribution in [3.05, 3.63) is 114 Å². The van der Waals surface area contributed by atoms with Crippen LogP contribution in [0.4, 0.5) is 4.39 Å². The van der Waals surface area contributed by atoms with Crippen molar-refractivity contribution in [2.24, 2.45) is 5.10 Å². The van der Waals surface area contributed by atoms with Crippen molar-refractivity contribution in [2.45, 2.75) is 6.92 Å². The number of fused-ring (bicyclic) bond motifs is 1. The van der Waals surface area contributed by atoms with E-state index in [1.54, 1.807) is 54.6 Å². The van der Waals surface area contributed by atoms with Gasteiger partial charge in [-0.25, -0.2) is 14.6 Å². The first kappa shape index (κ1) is 27.1. The molecular formula is C32H26FN3O5. The average molecular weight is 552 g/mol. The number of esters is 1. The van der Waals surface area contributed by atoms with E-state index in [0.29, 0.717) is 40.2 Å². The summed E-state index contributed by atoms with van der Waals surface area (Å²) >= 11 is 0. The molecule has 0 saturated heterocycles. The number of ether oxygens (including phenoxy) is 3. The highest BCUT2D eigenvalue weighted by molar-refractivity contribution is 6.10. The van der Waals surface area contributed by atoms with Gasteiger partial charge in [-0.3, -0.25) is 4.79 Å². The number of benzene rings is 4. The number of halogens is 1. The Kier molecular flexibility index (Phi) is 8.05. The molecular weight excluding hydrogens is 525 g/mol. The van der Waals surface area contributed by atoms with E-state index in [-0.39, 0.29) is 17.0 Å². The summed E-state index contributed by atoms with van der Waals surface area (Å²) in [7, 11) is 1.52. The first-order valence-electron chi connectivity index (χ1n) is 12.8. The Balaban J connectivity index is 1.36. The van der Waals surface area contributed by atoms with Crippen molar-refractivity contribution in [1.82, 2.24) is 10.4 Å². The van der Waals surface area contributed by atoms with Crippen molar-refractivity contribution in [3.63, 3.8) is 0 Å². The van der Waals surface area contributed by atoms with Gasteiger partial charge in [-0.15, -0.1) is 0 Å². The van der Waals surface area contributed by atoms with E-state index in [0.717, 1.165) is 5.56 Å². The molecule has 0 radical (unpaired) electrons. The third-order valence-electron chi connectivity index (χ3n) is 6.23. The number of hydrogen-bond donors (Lipinski definition) is 2. The topological polar surface area (TPSA) is 102 Å². The van der Waals surface area contributed by atoms with Crippen LogP contribution in [0.3, 0.4) is 0 Å². The summed E-state index contributed by atoms with van der Waals surface area (Å²) in [5.41, 5.74) is 5.18. The van der Waals surface area contributed by atoms with E-state index < -0.39 is 17.7 Å². The molecule has 1 aromatic heterocycles. The summed E-state index contributed by atoms with van der Waals surface area (Å²) in [6, 6.07) is 25.5. The van der Waals surface area contributed by atoms with Crippen LogP contribution in [0.1, 0.15) is 33.3 Å². The van der Waals surface area contributed by atoms with E-state index in [1.165, 1.54) is 19.4 Å². The molecule has 5 rings (SSSR count). The molecule has 0 saturated carbocycles. The molecule has 1 heterocycles. The van der Waals surface area contributed by atoms with Crippen LogP contribution in [0.5, 0.6) is 17.2 Å². The van der Waals surface area contributed by atoms with E-state index in [2.05, 4.69) is 15.5 Å². The van der Waals surface area contributed by atoms with Crippen LogP contribution in [0.25, 0.3) is 22.0 Å². The Labute approximate surface area is 235 Å². The fraction of sp³-hybridized carbons (Fsp3) is 0.0938. The number of carbonyl (C=O) groups is 2. The molecule has 0 aliphatic heterocycles. The molecule has 4 aromatic carbocycles. The predicted molar refractivity (Wildman–Crippen MR) is 154 cm³/mol. The average Bonchev–Trinajstić information content (AvgIpc) is 3.40. The Hall–Kier alpha value is -5.44. The monoisotopic (exact) mass is 551 g/mol. The molecule has 0 fully saturated rings. The second-order valence-corrected chi connectivity index (χ2v) is 8.86. The molecule has 206 valence electrons. The van der Waals surface area contributed by atoms with Crippen LogP contribution in [-0.2, 0) is 0 Å². The number of aromatic amines is 1. The van der Waals surface area contributed by atoms with Gasteiger partial charge < -0.3 is 19.2 Å². The molecule has 0 spiro atoms. The lowest BCUT2D eigenvalue weighted by molar-refractivity contribution is 0.0727. The molecule has 1 amide bonds. The maximum Gasteiger partial charge on any atom is 0.343 e. The fourth-order valence-corrected chi connectivity index (χ4v) is 4.34. The third kappa shape index (κ3) is 5.94. The van der Waals surface area contributed by atoms with Crippen LogP contribution in [0.2, 0.25) is 0 Å². The van der Waals surface area contributed by atoms with Crippen LogP contribution < -0.4 is 19.6 Å². The lowest BCUT2D eigenvalue weighted by Crippen LogP contribution is -2.19. The van der Waals surface area contributed by atoms with Gasteiger partial charge in [-0.1, -0.05) is 48.5 Å². The summed E-state index contributed by atoms with van der Waals surface area (Å²) < 4.78 is 30.9. The second-order valence-electron chi connectivity index (χ2n) is 8.86. The number of carbonyl (C=O) groups excluding carboxylic acids is 2. The highest BCUT2D eigenvalue weighted by atomic mass is 19.1. The van der Waals surface area contributed by atoms with Gasteiger partial charge in [0.25, 0.3) is 5.91 Å². The molecule has 0 atom stereocenters. The Bertz CT molecular complexity index is 1750. The lowest BCUT2D eigenvalue weighted by Gasteiger charge is -2.11.